The molecule has 1 saturated heterocycles. The van der Waals surface area contributed by atoms with Gasteiger partial charge in [0.15, 0.2) is 0 Å². The van der Waals surface area contributed by atoms with Crippen molar-refractivity contribution in [2.24, 2.45) is 0 Å². The van der Waals surface area contributed by atoms with Crippen molar-refractivity contribution in [1.82, 2.24) is 4.90 Å². The molecule has 0 bridgehead atoms. The molecule has 1 aliphatic rings. The van der Waals surface area contributed by atoms with Crippen molar-refractivity contribution in [1.29, 1.82) is 0 Å². The number of aliphatic hydroxyl groups is 1. The van der Waals surface area contributed by atoms with E-state index in [4.69, 9.17) is 0 Å². The number of benzene rings is 1. The Morgan fingerprint density at radius 2 is 1.84 bits per heavy atom. The molecule has 1 fully saturated rings. The Morgan fingerprint density at radius 1 is 1.16 bits per heavy atom. The molecule has 3 rings (SSSR count). The van der Waals surface area contributed by atoms with Crippen LogP contribution in [0.3, 0.4) is 0 Å². The van der Waals surface area contributed by atoms with Gasteiger partial charge < -0.3 is 10.0 Å². The largest absolute Gasteiger partial charge is 0.507 e. The van der Waals surface area contributed by atoms with Crippen LogP contribution in [-0.2, 0) is 9.59 Å². The molecule has 1 atom stereocenters. The molecule has 2 heterocycles. The molecular weight excluding hydrogens is 334 g/mol. The first-order valence-electron chi connectivity index (χ1n) is 8.35. The number of carbonyl (C=O) groups excluding carboxylic acids is 2. The minimum atomic E-state index is -0.607. The van der Waals surface area contributed by atoms with E-state index in [2.05, 4.69) is 0 Å². The summed E-state index contributed by atoms with van der Waals surface area (Å²) in [7, 11) is 0. The summed E-state index contributed by atoms with van der Waals surface area (Å²) in [6.45, 7) is 6.37. The fourth-order valence-electron chi connectivity index (χ4n) is 3.16. The standard InChI is InChI=1S/C20H21NO3S/c1-4-10-21-16(19-13(3)9-11-25-19)15(18(23)20(21)24)17(22)14-7-5-12(2)6-8-14/h5-9,11,16,22H,4,10H2,1-3H3/b17-15-. The van der Waals surface area contributed by atoms with E-state index in [1.54, 1.807) is 17.0 Å². The zero-order chi connectivity index (χ0) is 18.1. The molecule has 1 amide bonds. The van der Waals surface area contributed by atoms with E-state index < -0.39 is 17.7 Å². The van der Waals surface area contributed by atoms with Crippen molar-refractivity contribution in [2.75, 3.05) is 6.54 Å². The van der Waals surface area contributed by atoms with E-state index in [-0.39, 0.29) is 11.3 Å². The maximum absolute atomic E-state index is 12.7. The van der Waals surface area contributed by atoms with Crippen molar-refractivity contribution >= 4 is 28.8 Å². The van der Waals surface area contributed by atoms with E-state index >= 15 is 0 Å². The van der Waals surface area contributed by atoms with E-state index in [9.17, 15) is 14.7 Å². The molecule has 4 nitrogen and oxygen atoms in total. The lowest BCUT2D eigenvalue weighted by Crippen LogP contribution is -2.30. The van der Waals surface area contributed by atoms with Crippen LogP contribution in [0.4, 0.5) is 0 Å². The van der Waals surface area contributed by atoms with E-state index in [0.29, 0.717) is 12.1 Å². The second kappa shape index (κ2) is 6.84. The van der Waals surface area contributed by atoms with Gasteiger partial charge in [-0.3, -0.25) is 9.59 Å². The fraction of sp³-hybridized carbons (Fsp3) is 0.300. The van der Waals surface area contributed by atoms with Crippen LogP contribution in [0, 0.1) is 13.8 Å². The van der Waals surface area contributed by atoms with Crippen LogP contribution in [-0.4, -0.2) is 28.2 Å². The van der Waals surface area contributed by atoms with Crippen molar-refractivity contribution in [3.05, 3.63) is 62.9 Å². The lowest BCUT2D eigenvalue weighted by atomic mass is 9.98. The Morgan fingerprint density at radius 3 is 2.40 bits per heavy atom. The molecule has 5 heteroatoms. The highest BCUT2D eigenvalue weighted by Gasteiger charge is 2.46. The van der Waals surface area contributed by atoms with E-state index in [1.807, 2.05) is 44.4 Å². The minimum absolute atomic E-state index is 0.102. The SMILES string of the molecule is CCCN1C(=O)C(=O)/C(=C(\O)c2ccc(C)cc2)C1c1sccc1C. The second-order valence-electron chi connectivity index (χ2n) is 6.33. The highest BCUT2D eigenvalue weighted by atomic mass is 32.1. The third kappa shape index (κ3) is 3.00. The lowest BCUT2D eigenvalue weighted by molar-refractivity contribution is -0.139. The van der Waals surface area contributed by atoms with Gasteiger partial charge >= 0.3 is 0 Å². The topological polar surface area (TPSA) is 57.6 Å². The van der Waals surface area contributed by atoms with Gasteiger partial charge in [-0.05, 0) is 37.3 Å². The molecule has 1 aromatic heterocycles. The molecule has 1 aliphatic heterocycles. The van der Waals surface area contributed by atoms with Crippen LogP contribution in [0.5, 0.6) is 0 Å². The number of likely N-dealkylation sites (tertiary alicyclic amines) is 1. The highest BCUT2D eigenvalue weighted by molar-refractivity contribution is 7.10. The van der Waals surface area contributed by atoms with Crippen molar-refractivity contribution in [3.8, 4) is 0 Å². The zero-order valence-corrected chi connectivity index (χ0v) is 15.4. The highest BCUT2D eigenvalue weighted by Crippen LogP contribution is 2.42. The van der Waals surface area contributed by atoms with E-state index in [1.165, 1.54) is 11.3 Å². The number of hydrogen-bond donors (Lipinski definition) is 1. The van der Waals surface area contributed by atoms with Gasteiger partial charge in [0.25, 0.3) is 11.7 Å². The van der Waals surface area contributed by atoms with Crippen LogP contribution >= 0.6 is 11.3 Å². The molecule has 0 spiro atoms. The Kier molecular flexibility index (Phi) is 4.77. The predicted octanol–water partition coefficient (Wildman–Crippen LogP) is 4.20. The molecule has 0 saturated carbocycles. The number of nitrogens with zero attached hydrogens (tertiary/aromatic N) is 1. The van der Waals surface area contributed by atoms with Gasteiger partial charge in [-0.15, -0.1) is 11.3 Å². The number of aliphatic hydroxyl groups excluding tert-OH is 1. The summed E-state index contributed by atoms with van der Waals surface area (Å²) in [6.07, 6.45) is 0.749. The summed E-state index contributed by atoms with van der Waals surface area (Å²) in [4.78, 5) is 27.7. The third-order valence-corrected chi connectivity index (χ3v) is 5.55. The van der Waals surface area contributed by atoms with Crippen LogP contribution in [0.25, 0.3) is 5.76 Å². The van der Waals surface area contributed by atoms with Gasteiger partial charge in [0.2, 0.25) is 0 Å². The van der Waals surface area contributed by atoms with E-state index in [0.717, 1.165) is 22.4 Å². The normalized spacial score (nSPS) is 19.6. The first-order valence-corrected chi connectivity index (χ1v) is 9.23. The first-order chi connectivity index (χ1) is 12.0. The molecular formula is C20H21NO3S. The molecule has 0 radical (unpaired) electrons. The third-order valence-electron chi connectivity index (χ3n) is 4.48. The van der Waals surface area contributed by atoms with Gasteiger partial charge in [0.1, 0.15) is 5.76 Å². The summed E-state index contributed by atoms with van der Waals surface area (Å²) in [6, 6.07) is 8.76. The smallest absolute Gasteiger partial charge is 0.295 e. The van der Waals surface area contributed by atoms with Crippen LogP contribution < -0.4 is 0 Å². The molecule has 1 aromatic carbocycles. The first kappa shape index (κ1) is 17.4. The number of ketones is 1. The maximum atomic E-state index is 12.7. The maximum Gasteiger partial charge on any atom is 0.295 e. The Balaban J connectivity index is 2.19. The molecule has 0 aliphatic carbocycles. The van der Waals surface area contributed by atoms with Gasteiger partial charge in [-0.25, -0.2) is 0 Å². The van der Waals surface area contributed by atoms with Gasteiger partial charge in [-0.1, -0.05) is 36.8 Å². The summed E-state index contributed by atoms with van der Waals surface area (Å²) in [5.74, 6) is -1.24. The number of aryl methyl sites for hydroxylation is 2. The number of Topliss-reactive ketones (excluding diaryl/α,β-unsaturated/α-hetero) is 1. The minimum Gasteiger partial charge on any atom is -0.507 e. The zero-order valence-electron chi connectivity index (χ0n) is 14.6. The van der Waals surface area contributed by atoms with Gasteiger partial charge in [-0.2, -0.15) is 0 Å². The summed E-state index contributed by atoms with van der Waals surface area (Å²) in [5.41, 5.74) is 2.83. The fourth-order valence-corrected chi connectivity index (χ4v) is 4.20. The number of carbonyl (C=O) groups is 2. The Bertz CT molecular complexity index is 848. The quantitative estimate of drug-likeness (QED) is 0.508. The van der Waals surface area contributed by atoms with Gasteiger partial charge in [0.05, 0.1) is 11.6 Å². The number of hydrogen-bond acceptors (Lipinski definition) is 4. The van der Waals surface area contributed by atoms with Crippen molar-refractivity contribution in [2.45, 2.75) is 33.2 Å². The van der Waals surface area contributed by atoms with Crippen LogP contribution in [0.15, 0.2) is 41.3 Å². The number of rotatable bonds is 4. The average Bonchev–Trinajstić information content (AvgIpc) is 3.11. The number of thiophene rings is 1. The second-order valence-corrected chi connectivity index (χ2v) is 7.27. The lowest BCUT2D eigenvalue weighted by Gasteiger charge is -2.24. The summed E-state index contributed by atoms with van der Waals surface area (Å²) < 4.78 is 0. The molecule has 1 N–H and O–H groups in total. The Labute approximate surface area is 151 Å². The van der Waals surface area contributed by atoms with Gasteiger partial charge in [0, 0.05) is 17.0 Å². The molecule has 2 aromatic rings. The van der Waals surface area contributed by atoms with Crippen molar-refractivity contribution in [3.63, 3.8) is 0 Å². The predicted molar refractivity (Wildman–Crippen MR) is 99.5 cm³/mol. The average molecular weight is 355 g/mol. The monoisotopic (exact) mass is 355 g/mol. The molecule has 25 heavy (non-hydrogen) atoms. The summed E-state index contributed by atoms with van der Waals surface area (Å²) in [5, 5.41) is 12.8. The molecule has 130 valence electrons. The number of amides is 1. The summed E-state index contributed by atoms with van der Waals surface area (Å²) >= 11 is 1.51. The van der Waals surface area contributed by atoms with Crippen LogP contribution in [0.2, 0.25) is 0 Å². The Hall–Kier alpha value is -2.40. The molecule has 1 unspecified atom stereocenters. The van der Waals surface area contributed by atoms with Crippen molar-refractivity contribution < 1.29 is 14.7 Å². The van der Waals surface area contributed by atoms with Crippen LogP contribution in [0.1, 0.15) is 41.0 Å².